The summed E-state index contributed by atoms with van der Waals surface area (Å²) in [5.41, 5.74) is 8.77. The minimum Gasteiger partial charge on any atom is -0.465 e. The number of carbonyl (C=O) groups is 1. The van der Waals surface area contributed by atoms with E-state index in [1.807, 2.05) is 24.3 Å². The summed E-state index contributed by atoms with van der Waals surface area (Å²) in [4.78, 5) is 20.3. The largest absolute Gasteiger partial charge is 0.465 e. The Morgan fingerprint density at radius 1 is 1.04 bits per heavy atom. The normalized spacial score (nSPS) is 10.3. The van der Waals surface area contributed by atoms with E-state index in [9.17, 15) is 4.79 Å². The van der Waals surface area contributed by atoms with Crippen molar-refractivity contribution >= 4 is 29.0 Å². The van der Waals surface area contributed by atoms with Crippen LogP contribution in [0, 0.1) is 0 Å². The Morgan fingerprint density at radius 2 is 1.74 bits per heavy atom. The summed E-state index contributed by atoms with van der Waals surface area (Å²) in [6, 6.07) is 17.2. The first-order chi connectivity index (χ1) is 13.2. The molecular weight excluding hydrogens is 342 g/mol. The van der Waals surface area contributed by atoms with Crippen LogP contribution in [0.3, 0.4) is 0 Å². The fourth-order valence-electron chi connectivity index (χ4n) is 2.61. The van der Waals surface area contributed by atoms with Gasteiger partial charge in [-0.05, 0) is 24.1 Å². The number of benzene rings is 2. The molecule has 27 heavy (non-hydrogen) atoms. The van der Waals surface area contributed by atoms with E-state index in [4.69, 9.17) is 10.5 Å². The number of carbonyl (C=O) groups excluding carboxylic acids is 1. The Hall–Kier alpha value is -3.61. The summed E-state index contributed by atoms with van der Waals surface area (Å²) in [6.45, 7) is 0.684. The minimum atomic E-state index is -0.438. The topological polar surface area (TPSA) is 102 Å². The molecule has 1 aromatic heterocycles. The number of nitrogens with two attached hydrogens (primary N) is 1. The monoisotopic (exact) mass is 363 g/mol. The molecule has 0 aliphatic rings. The standard InChI is InChI=1S/C20H21N5O2/c1-27-20(26)15-9-5-6-10-16(15)25-19-17(21)18(23-13-24-19)22-12-11-14-7-3-2-4-8-14/h2-10,13H,11-12,21H2,1H3,(H2,22,23,24,25). The molecule has 0 saturated carbocycles. The number of anilines is 4. The minimum absolute atomic E-state index is 0.380. The van der Waals surface area contributed by atoms with Crippen molar-refractivity contribution in [3.05, 3.63) is 72.1 Å². The maximum absolute atomic E-state index is 11.9. The van der Waals surface area contributed by atoms with Crippen molar-refractivity contribution < 1.29 is 9.53 Å². The second-order valence-electron chi connectivity index (χ2n) is 5.81. The van der Waals surface area contributed by atoms with Crippen LogP contribution in [0.5, 0.6) is 0 Å². The first kappa shape index (κ1) is 18.2. The molecule has 0 unspecified atom stereocenters. The number of nitrogens with one attached hydrogen (secondary N) is 2. The first-order valence-corrected chi connectivity index (χ1v) is 8.51. The smallest absolute Gasteiger partial charge is 0.339 e. The number of para-hydroxylation sites is 1. The van der Waals surface area contributed by atoms with Crippen LogP contribution in [-0.2, 0) is 11.2 Å². The van der Waals surface area contributed by atoms with Gasteiger partial charge in [-0.25, -0.2) is 14.8 Å². The van der Waals surface area contributed by atoms with Crippen LogP contribution < -0.4 is 16.4 Å². The van der Waals surface area contributed by atoms with Crippen LogP contribution in [-0.4, -0.2) is 29.6 Å². The van der Waals surface area contributed by atoms with Gasteiger partial charge >= 0.3 is 5.97 Å². The van der Waals surface area contributed by atoms with Crippen molar-refractivity contribution in [2.45, 2.75) is 6.42 Å². The van der Waals surface area contributed by atoms with E-state index in [0.717, 1.165) is 6.42 Å². The van der Waals surface area contributed by atoms with Crippen LogP contribution in [0.2, 0.25) is 0 Å². The summed E-state index contributed by atoms with van der Waals surface area (Å²) in [5, 5.41) is 6.32. The average Bonchev–Trinajstić information content (AvgIpc) is 2.71. The number of esters is 1. The maximum atomic E-state index is 11.9. The van der Waals surface area contributed by atoms with Crippen LogP contribution in [0.1, 0.15) is 15.9 Å². The first-order valence-electron chi connectivity index (χ1n) is 8.51. The van der Waals surface area contributed by atoms with E-state index >= 15 is 0 Å². The zero-order valence-corrected chi connectivity index (χ0v) is 15.0. The second kappa shape index (κ2) is 8.66. The number of hydrogen-bond acceptors (Lipinski definition) is 7. The van der Waals surface area contributed by atoms with Gasteiger partial charge in [-0.15, -0.1) is 0 Å². The highest BCUT2D eigenvalue weighted by Gasteiger charge is 2.14. The van der Waals surface area contributed by atoms with Gasteiger partial charge in [-0.1, -0.05) is 42.5 Å². The van der Waals surface area contributed by atoms with E-state index in [-0.39, 0.29) is 0 Å². The van der Waals surface area contributed by atoms with Crippen LogP contribution >= 0.6 is 0 Å². The highest BCUT2D eigenvalue weighted by atomic mass is 16.5. The molecule has 0 bridgehead atoms. The Balaban J connectivity index is 1.73. The summed E-state index contributed by atoms with van der Waals surface area (Å²) in [6.07, 6.45) is 2.27. The second-order valence-corrected chi connectivity index (χ2v) is 5.81. The molecule has 0 saturated heterocycles. The molecule has 7 nitrogen and oxygen atoms in total. The third-order valence-electron chi connectivity index (χ3n) is 4.02. The van der Waals surface area contributed by atoms with Gasteiger partial charge in [0.25, 0.3) is 0 Å². The number of ether oxygens (including phenoxy) is 1. The molecule has 3 aromatic rings. The molecule has 0 aliphatic carbocycles. The lowest BCUT2D eigenvalue weighted by molar-refractivity contribution is 0.0602. The molecule has 1 heterocycles. The highest BCUT2D eigenvalue weighted by molar-refractivity contribution is 5.97. The summed E-state index contributed by atoms with van der Waals surface area (Å²) < 4.78 is 4.81. The van der Waals surface area contributed by atoms with Gasteiger partial charge in [-0.2, -0.15) is 0 Å². The maximum Gasteiger partial charge on any atom is 0.339 e. The predicted molar refractivity (Wildman–Crippen MR) is 106 cm³/mol. The molecule has 0 spiro atoms. The Morgan fingerprint density at radius 3 is 2.52 bits per heavy atom. The summed E-state index contributed by atoms with van der Waals surface area (Å²) >= 11 is 0. The van der Waals surface area contributed by atoms with Crippen molar-refractivity contribution in [1.29, 1.82) is 0 Å². The third-order valence-corrected chi connectivity index (χ3v) is 4.02. The third kappa shape index (κ3) is 4.52. The molecule has 0 aliphatic heterocycles. The average molecular weight is 363 g/mol. The zero-order valence-electron chi connectivity index (χ0n) is 15.0. The van der Waals surface area contributed by atoms with Crippen molar-refractivity contribution in [3.8, 4) is 0 Å². The van der Waals surface area contributed by atoms with E-state index < -0.39 is 5.97 Å². The number of methoxy groups -OCH3 is 1. The lowest BCUT2D eigenvalue weighted by Crippen LogP contribution is -2.11. The molecular formula is C20H21N5O2. The lowest BCUT2D eigenvalue weighted by atomic mass is 10.1. The van der Waals surface area contributed by atoms with Crippen molar-refractivity contribution in [2.75, 3.05) is 30.0 Å². The van der Waals surface area contributed by atoms with Crippen molar-refractivity contribution in [2.24, 2.45) is 0 Å². The van der Waals surface area contributed by atoms with Crippen LogP contribution in [0.25, 0.3) is 0 Å². The van der Waals surface area contributed by atoms with Crippen molar-refractivity contribution in [1.82, 2.24) is 9.97 Å². The van der Waals surface area contributed by atoms with Crippen molar-refractivity contribution in [3.63, 3.8) is 0 Å². The number of hydrogen-bond donors (Lipinski definition) is 3. The van der Waals surface area contributed by atoms with Gasteiger partial charge in [-0.3, -0.25) is 0 Å². The molecule has 0 atom stereocenters. The fourth-order valence-corrected chi connectivity index (χ4v) is 2.61. The molecule has 2 aromatic carbocycles. The van der Waals surface area contributed by atoms with Gasteiger partial charge in [0, 0.05) is 6.54 Å². The Bertz CT molecular complexity index is 915. The molecule has 3 rings (SSSR count). The fraction of sp³-hybridized carbons (Fsp3) is 0.150. The van der Waals surface area contributed by atoms with Gasteiger partial charge in [0.1, 0.15) is 12.0 Å². The number of rotatable bonds is 7. The number of nitrogens with zero attached hydrogens (tertiary/aromatic N) is 2. The van der Waals surface area contributed by atoms with Gasteiger partial charge in [0.05, 0.1) is 18.4 Å². The van der Waals surface area contributed by atoms with E-state index in [2.05, 4.69) is 32.7 Å². The molecule has 0 amide bonds. The molecule has 7 heteroatoms. The zero-order chi connectivity index (χ0) is 19.1. The van der Waals surface area contributed by atoms with Crippen LogP contribution in [0.4, 0.5) is 23.0 Å². The van der Waals surface area contributed by atoms with Gasteiger partial charge in [0.15, 0.2) is 11.6 Å². The van der Waals surface area contributed by atoms with Crippen LogP contribution in [0.15, 0.2) is 60.9 Å². The molecule has 138 valence electrons. The number of aromatic nitrogens is 2. The Labute approximate surface area is 157 Å². The summed E-state index contributed by atoms with van der Waals surface area (Å²) in [7, 11) is 1.34. The van der Waals surface area contributed by atoms with Gasteiger partial charge < -0.3 is 21.1 Å². The van der Waals surface area contributed by atoms with E-state index in [0.29, 0.717) is 35.1 Å². The predicted octanol–water partition coefficient (Wildman–Crippen LogP) is 3.24. The quantitative estimate of drug-likeness (QED) is 0.554. The SMILES string of the molecule is COC(=O)c1ccccc1Nc1ncnc(NCCc2ccccc2)c1N. The molecule has 0 fully saturated rings. The molecule has 4 N–H and O–H groups in total. The van der Waals surface area contributed by atoms with E-state index in [1.54, 1.807) is 18.2 Å². The lowest BCUT2D eigenvalue weighted by Gasteiger charge is -2.14. The molecule has 0 radical (unpaired) electrons. The summed E-state index contributed by atoms with van der Waals surface area (Å²) in [5.74, 6) is 0.523. The number of nitrogen functional groups attached to an aromatic ring is 1. The van der Waals surface area contributed by atoms with Gasteiger partial charge in [0.2, 0.25) is 0 Å². The Kier molecular flexibility index (Phi) is 5.84. The van der Waals surface area contributed by atoms with E-state index in [1.165, 1.54) is 19.0 Å². The highest BCUT2D eigenvalue weighted by Crippen LogP contribution is 2.27.